The zero-order valence-electron chi connectivity index (χ0n) is 7.90. The lowest BCUT2D eigenvalue weighted by molar-refractivity contribution is -0.0836. The molecule has 0 fully saturated rings. The highest BCUT2D eigenvalue weighted by atomic mass is 32.1. The smallest absolute Gasteiger partial charge is 0.196 e. The van der Waals surface area contributed by atoms with Gasteiger partial charge in [0.1, 0.15) is 0 Å². The van der Waals surface area contributed by atoms with E-state index < -0.39 is 17.8 Å². The topological polar surface area (TPSA) is 49.7 Å². The van der Waals surface area contributed by atoms with Crippen molar-refractivity contribution < 1.29 is 14.9 Å². The van der Waals surface area contributed by atoms with Crippen molar-refractivity contribution in [3.8, 4) is 0 Å². The number of aliphatic hydroxyl groups excluding tert-OH is 2. The van der Waals surface area contributed by atoms with Crippen LogP contribution in [0.15, 0.2) is 11.7 Å². The van der Waals surface area contributed by atoms with E-state index in [9.17, 15) is 10.2 Å². The number of hydrogen-bond donors (Lipinski definition) is 3. The lowest BCUT2D eigenvalue weighted by Crippen LogP contribution is -2.35. The molecule has 2 N–H and O–H groups in total. The van der Waals surface area contributed by atoms with Gasteiger partial charge in [-0.25, -0.2) is 0 Å². The Kier molecular flexibility index (Phi) is 3.32. The van der Waals surface area contributed by atoms with E-state index in [4.69, 9.17) is 4.74 Å². The zero-order valence-corrected chi connectivity index (χ0v) is 8.79. The van der Waals surface area contributed by atoms with Crippen molar-refractivity contribution in [2.45, 2.75) is 25.7 Å². The second-order valence-corrected chi connectivity index (χ2v) is 4.13. The molecular weight excluding hydrogens is 187 g/mol. The van der Waals surface area contributed by atoms with Crippen molar-refractivity contribution in [3.05, 3.63) is 11.7 Å². The first kappa shape index (κ1) is 11.0. The second kappa shape index (κ2) is 3.94. The Balaban J connectivity index is 2.87. The third-order valence-electron chi connectivity index (χ3n) is 2.43. The van der Waals surface area contributed by atoms with Crippen LogP contribution in [0, 0.1) is 5.41 Å². The van der Waals surface area contributed by atoms with Gasteiger partial charge in [-0.2, -0.15) is 12.6 Å². The van der Waals surface area contributed by atoms with E-state index in [1.807, 2.05) is 6.92 Å². The van der Waals surface area contributed by atoms with Crippen molar-refractivity contribution >= 4 is 20.5 Å². The number of rotatable bonds is 1. The molecule has 0 radical (unpaired) electrons. The molecular formula is C8H15BO3S. The average Bonchev–Trinajstić information content (AvgIpc) is 2.10. The fourth-order valence-electron chi connectivity index (χ4n) is 1.40. The normalized spacial score (nSPS) is 40.5. The lowest BCUT2D eigenvalue weighted by Gasteiger charge is -2.30. The summed E-state index contributed by atoms with van der Waals surface area (Å²) in [6.45, 7) is 1.88. The molecule has 1 aliphatic rings. The lowest BCUT2D eigenvalue weighted by atomic mass is 9.82. The molecule has 0 aromatic heterocycles. The molecule has 1 aliphatic heterocycles. The van der Waals surface area contributed by atoms with Crippen molar-refractivity contribution in [2.24, 2.45) is 5.41 Å². The van der Waals surface area contributed by atoms with Crippen LogP contribution in [-0.2, 0) is 4.74 Å². The van der Waals surface area contributed by atoms with Crippen LogP contribution in [0.1, 0.15) is 13.3 Å². The van der Waals surface area contributed by atoms with Gasteiger partial charge in [-0.05, 0) is 11.8 Å². The molecule has 0 saturated carbocycles. The Morgan fingerprint density at radius 3 is 2.92 bits per heavy atom. The molecule has 0 amide bonds. The van der Waals surface area contributed by atoms with Gasteiger partial charge < -0.3 is 14.9 Å². The first-order chi connectivity index (χ1) is 5.98. The predicted molar refractivity (Wildman–Crippen MR) is 56.3 cm³/mol. The standard InChI is InChI=1S/C8H15BO3S/c1-8(4-13)3-7(11)12-6(9)2-5(8)10/h2,5,7,10-11,13H,3-4,9H2,1H3. The fourth-order valence-corrected chi connectivity index (χ4v) is 1.71. The predicted octanol–water partition coefficient (Wildman–Crippen LogP) is -0.503. The summed E-state index contributed by atoms with van der Waals surface area (Å²) >= 11 is 4.17. The van der Waals surface area contributed by atoms with Crippen LogP contribution in [-0.4, -0.2) is 36.2 Å². The molecule has 0 aromatic rings. The van der Waals surface area contributed by atoms with Gasteiger partial charge in [0.2, 0.25) is 0 Å². The highest BCUT2D eigenvalue weighted by Gasteiger charge is 2.35. The van der Waals surface area contributed by atoms with Crippen LogP contribution in [0.25, 0.3) is 0 Å². The summed E-state index contributed by atoms with van der Waals surface area (Å²) in [5, 5.41) is 19.2. The van der Waals surface area contributed by atoms with E-state index in [1.165, 1.54) is 0 Å². The van der Waals surface area contributed by atoms with Crippen molar-refractivity contribution in [2.75, 3.05) is 5.75 Å². The summed E-state index contributed by atoms with van der Waals surface area (Å²) in [5.74, 6) is 0.512. The van der Waals surface area contributed by atoms with Crippen molar-refractivity contribution in [1.29, 1.82) is 0 Å². The maximum atomic E-state index is 9.78. The van der Waals surface area contributed by atoms with Gasteiger partial charge in [-0.15, -0.1) is 0 Å². The molecule has 1 rings (SSSR count). The molecule has 0 bridgehead atoms. The van der Waals surface area contributed by atoms with E-state index in [0.29, 0.717) is 17.8 Å². The van der Waals surface area contributed by atoms with Gasteiger partial charge >= 0.3 is 0 Å². The first-order valence-electron chi connectivity index (χ1n) is 4.30. The van der Waals surface area contributed by atoms with Gasteiger partial charge in [0.05, 0.1) is 6.10 Å². The van der Waals surface area contributed by atoms with Gasteiger partial charge in [0.15, 0.2) is 14.1 Å². The molecule has 74 valence electrons. The minimum Gasteiger partial charge on any atom is -0.481 e. The summed E-state index contributed by atoms with van der Waals surface area (Å²) < 4.78 is 5.10. The molecule has 3 nitrogen and oxygen atoms in total. The molecule has 3 atom stereocenters. The zero-order chi connectivity index (χ0) is 10.1. The summed E-state index contributed by atoms with van der Waals surface area (Å²) in [6, 6.07) is 0. The molecule has 3 unspecified atom stereocenters. The summed E-state index contributed by atoms with van der Waals surface area (Å²) in [5.41, 5.74) is 0.144. The fraction of sp³-hybridized carbons (Fsp3) is 0.750. The highest BCUT2D eigenvalue weighted by Crippen LogP contribution is 2.33. The quantitative estimate of drug-likeness (QED) is 0.396. The van der Waals surface area contributed by atoms with Crippen LogP contribution in [0.4, 0.5) is 0 Å². The Labute approximate surface area is 84.6 Å². The van der Waals surface area contributed by atoms with Crippen LogP contribution in [0.2, 0.25) is 0 Å². The maximum absolute atomic E-state index is 9.78. The van der Waals surface area contributed by atoms with Crippen molar-refractivity contribution in [3.63, 3.8) is 0 Å². The van der Waals surface area contributed by atoms with Gasteiger partial charge in [-0.1, -0.05) is 6.92 Å². The van der Waals surface area contributed by atoms with Gasteiger partial charge in [0, 0.05) is 17.5 Å². The number of ether oxygens (including phenoxy) is 1. The van der Waals surface area contributed by atoms with Crippen molar-refractivity contribution in [1.82, 2.24) is 0 Å². The molecule has 5 heteroatoms. The minimum atomic E-state index is -0.842. The van der Waals surface area contributed by atoms with Gasteiger partial charge in [-0.3, -0.25) is 0 Å². The van der Waals surface area contributed by atoms with E-state index in [0.717, 1.165) is 0 Å². The van der Waals surface area contributed by atoms with E-state index in [2.05, 4.69) is 12.6 Å². The third-order valence-corrected chi connectivity index (χ3v) is 3.15. The molecule has 0 saturated heterocycles. The van der Waals surface area contributed by atoms with Crippen LogP contribution >= 0.6 is 12.6 Å². The van der Waals surface area contributed by atoms with Crippen LogP contribution in [0.3, 0.4) is 0 Å². The third kappa shape index (κ3) is 2.42. The summed E-state index contributed by atoms with van der Waals surface area (Å²) in [6.07, 6.45) is 0.561. The number of thiol groups is 1. The largest absolute Gasteiger partial charge is 0.481 e. The average molecular weight is 202 g/mol. The Morgan fingerprint density at radius 2 is 2.38 bits per heavy atom. The molecule has 0 aliphatic carbocycles. The van der Waals surface area contributed by atoms with Crippen LogP contribution in [0.5, 0.6) is 0 Å². The highest BCUT2D eigenvalue weighted by molar-refractivity contribution is 7.80. The molecule has 0 aromatic carbocycles. The molecule has 13 heavy (non-hydrogen) atoms. The Morgan fingerprint density at radius 1 is 1.77 bits per heavy atom. The SMILES string of the molecule is BC1=CC(O)C(C)(CS)CC(O)O1. The number of aliphatic hydroxyl groups is 2. The number of hydrogen-bond acceptors (Lipinski definition) is 4. The summed E-state index contributed by atoms with van der Waals surface area (Å²) in [7, 11) is 1.72. The Hall–Kier alpha value is -0.125. The van der Waals surface area contributed by atoms with E-state index in [-0.39, 0.29) is 0 Å². The van der Waals surface area contributed by atoms with Gasteiger partial charge in [0.25, 0.3) is 0 Å². The first-order valence-corrected chi connectivity index (χ1v) is 4.93. The van der Waals surface area contributed by atoms with E-state index in [1.54, 1.807) is 13.9 Å². The van der Waals surface area contributed by atoms with E-state index >= 15 is 0 Å². The molecule has 1 heterocycles. The summed E-state index contributed by atoms with van der Waals surface area (Å²) in [4.78, 5) is 0. The monoisotopic (exact) mass is 202 g/mol. The molecule has 0 spiro atoms. The second-order valence-electron chi connectivity index (χ2n) is 3.81. The maximum Gasteiger partial charge on any atom is 0.196 e. The van der Waals surface area contributed by atoms with Crippen LogP contribution < -0.4 is 0 Å². The minimum absolute atomic E-state index is 0.394. The Bertz CT molecular complexity index is 221.